The van der Waals surface area contributed by atoms with E-state index in [0.717, 1.165) is 0 Å². The van der Waals surface area contributed by atoms with Gasteiger partial charge in [0.05, 0.1) is 6.10 Å². The first kappa shape index (κ1) is 8.34. The van der Waals surface area contributed by atoms with E-state index in [4.69, 9.17) is 10.2 Å². The number of epoxide rings is 1. The predicted octanol–water partition coefficient (Wildman–Crippen LogP) is -0.238. The van der Waals surface area contributed by atoms with Crippen LogP contribution in [0.1, 0.15) is 6.42 Å². The SMILES string of the molecule is OCCC1C2OC2C(F)(F)C1O. The Balaban J connectivity index is 2.09. The predicted molar refractivity (Wildman–Crippen MR) is 34.8 cm³/mol. The van der Waals surface area contributed by atoms with Crippen molar-refractivity contribution in [2.45, 2.75) is 30.7 Å². The van der Waals surface area contributed by atoms with Gasteiger partial charge in [0.2, 0.25) is 0 Å². The molecule has 2 rings (SSSR count). The van der Waals surface area contributed by atoms with Crippen molar-refractivity contribution in [2.75, 3.05) is 6.61 Å². The van der Waals surface area contributed by atoms with Gasteiger partial charge in [-0.3, -0.25) is 0 Å². The molecule has 4 atom stereocenters. The fraction of sp³-hybridized carbons (Fsp3) is 1.00. The quantitative estimate of drug-likeness (QED) is 0.577. The van der Waals surface area contributed by atoms with Crippen LogP contribution in [-0.2, 0) is 4.74 Å². The summed E-state index contributed by atoms with van der Waals surface area (Å²) in [4.78, 5) is 0. The van der Waals surface area contributed by atoms with Crippen molar-refractivity contribution >= 4 is 0 Å². The molecule has 1 aliphatic carbocycles. The summed E-state index contributed by atoms with van der Waals surface area (Å²) in [5.41, 5.74) is 0. The molecule has 0 aromatic rings. The van der Waals surface area contributed by atoms with Gasteiger partial charge in [0.15, 0.2) is 6.10 Å². The van der Waals surface area contributed by atoms with Crippen molar-refractivity contribution in [3.63, 3.8) is 0 Å². The molecule has 2 fully saturated rings. The van der Waals surface area contributed by atoms with Crippen molar-refractivity contribution < 1.29 is 23.7 Å². The van der Waals surface area contributed by atoms with E-state index in [1.165, 1.54) is 0 Å². The molecule has 0 radical (unpaired) electrons. The van der Waals surface area contributed by atoms with E-state index in [9.17, 15) is 8.78 Å². The number of halogens is 2. The lowest BCUT2D eigenvalue weighted by Crippen LogP contribution is -2.38. The molecule has 1 saturated heterocycles. The highest BCUT2D eigenvalue weighted by Crippen LogP contribution is 2.53. The number of fused-ring (bicyclic) bond motifs is 1. The third-order valence-corrected chi connectivity index (χ3v) is 2.59. The van der Waals surface area contributed by atoms with Gasteiger partial charge in [-0.1, -0.05) is 0 Å². The minimum absolute atomic E-state index is 0.178. The minimum Gasteiger partial charge on any atom is -0.396 e. The number of alkyl halides is 2. The molecule has 1 saturated carbocycles. The van der Waals surface area contributed by atoms with Crippen LogP contribution in [0, 0.1) is 5.92 Å². The van der Waals surface area contributed by atoms with E-state index in [1.807, 2.05) is 0 Å². The van der Waals surface area contributed by atoms with Gasteiger partial charge >= 0.3 is 5.92 Å². The Bertz CT molecular complexity index is 197. The second-order valence-electron chi connectivity index (χ2n) is 3.32. The Morgan fingerprint density at radius 3 is 2.50 bits per heavy atom. The molecule has 0 aromatic heterocycles. The lowest BCUT2D eigenvalue weighted by atomic mass is 10.0. The van der Waals surface area contributed by atoms with Crippen LogP contribution in [0.25, 0.3) is 0 Å². The molecule has 70 valence electrons. The summed E-state index contributed by atoms with van der Waals surface area (Å²) < 4.78 is 30.5. The monoisotopic (exact) mass is 180 g/mol. The van der Waals surface area contributed by atoms with Crippen molar-refractivity contribution in [1.29, 1.82) is 0 Å². The van der Waals surface area contributed by atoms with Crippen LogP contribution in [0.4, 0.5) is 8.78 Å². The molecule has 1 heterocycles. The molecular formula is C7H10F2O3. The fourth-order valence-corrected chi connectivity index (χ4v) is 1.86. The van der Waals surface area contributed by atoms with E-state index in [-0.39, 0.29) is 13.0 Å². The summed E-state index contributed by atoms with van der Waals surface area (Å²) in [5, 5.41) is 17.6. The molecular weight excluding hydrogens is 170 g/mol. The van der Waals surface area contributed by atoms with Gasteiger partial charge in [0, 0.05) is 12.5 Å². The summed E-state index contributed by atoms with van der Waals surface area (Å²) in [6.07, 6.45) is -3.11. The van der Waals surface area contributed by atoms with Gasteiger partial charge in [-0.15, -0.1) is 0 Å². The second kappa shape index (κ2) is 2.37. The largest absolute Gasteiger partial charge is 0.396 e. The molecule has 12 heavy (non-hydrogen) atoms. The first-order valence-corrected chi connectivity index (χ1v) is 3.91. The van der Waals surface area contributed by atoms with Gasteiger partial charge in [-0.2, -0.15) is 0 Å². The van der Waals surface area contributed by atoms with Crippen LogP contribution in [-0.4, -0.2) is 41.1 Å². The van der Waals surface area contributed by atoms with Crippen LogP contribution in [0.3, 0.4) is 0 Å². The maximum atomic E-state index is 12.9. The molecule has 4 unspecified atom stereocenters. The van der Waals surface area contributed by atoms with Crippen molar-refractivity contribution in [3.8, 4) is 0 Å². The molecule has 0 bridgehead atoms. The number of rotatable bonds is 2. The third kappa shape index (κ3) is 0.901. The number of aliphatic hydroxyl groups excluding tert-OH is 2. The van der Waals surface area contributed by atoms with Crippen LogP contribution in [0.15, 0.2) is 0 Å². The van der Waals surface area contributed by atoms with Gasteiger partial charge in [-0.25, -0.2) is 8.78 Å². The average Bonchev–Trinajstić information content (AvgIpc) is 2.74. The van der Waals surface area contributed by atoms with Crippen LogP contribution < -0.4 is 0 Å². The number of hydrogen-bond donors (Lipinski definition) is 2. The standard InChI is InChI=1S/C7H10F2O3/c8-7(9)5(11)3(1-2-10)4-6(7)12-4/h3-6,10-11H,1-2H2. The third-order valence-electron chi connectivity index (χ3n) is 2.59. The number of hydrogen-bond acceptors (Lipinski definition) is 3. The molecule has 2 N–H and O–H groups in total. The highest BCUT2D eigenvalue weighted by Gasteiger charge is 2.72. The zero-order valence-electron chi connectivity index (χ0n) is 6.28. The molecule has 5 heteroatoms. The second-order valence-corrected chi connectivity index (χ2v) is 3.32. The topological polar surface area (TPSA) is 53.0 Å². The maximum absolute atomic E-state index is 12.9. The van der Waals surface area contributed by atoms with E-state index < -0.39 is 30.2 Å². The summed E-state index contributed by atoms with van der Waals surface area (Å²) in [7, 11) is 0. The summed E-state index contributed by atoms with van der Waals surface area (Å²) >= 11 is 0. The van der Waals surface area contributed by atoms with Gasteiger partial charge in [-0.05, 0) is 6.42 Å². The molecule has 2 aliphatic rings. The van der Waals surface area contributed by atoms with Crippen molar-refractivity contribution in [1.82, 2.24) is 0 Å². The Labute approximate surface area is 68.0 Å². The van der Waals surface area contributed by atoms with E-state index >= 15 is 0 Å². The number of aliphatic hydroxyl groups is 2. The normalized spacial score (nSPS) is 49.0. The zero-order chi connectivity index (χ0) is 8.93. The Morgan fingerprint density at radius 2 is 2.08 bits per heavy atom. The van der Waals surface area contributed by atoms with Gasteiger partial charge in [0.1, 0.15) is 6.10 Å². The highest BCUT2D eigenvalue weighted by atomic mass is 19.3. The summed E-state index contributed by atoms with van der Waals surface area (Å²) in [5.74, 6) is -3.72. The first-order chi connectivity index (χ1) is 5.59. The van der Waals surface area contributed by atoms with E-state index in [1.54, 1.807) is 0 Å². The molecule has 1 aliphatic heterocycles. The highest BCUT2D eigenvalue weighted by molar-refractivity contribution is 5.13. The molecule has 0 amide bonds. The molecule has 0 aromatic carbocycles. The van der Waals surface area contributed by atoms with Crippen LogP contribution >= 0.6 is 0 Å². The average molecular weight is 180 g/mol. The molecule has 0 spiro atoms. The van der Waals surface area contributed by atoms with Crippen molar-refractivity contribution in [2.24, 2.45) is 5.92 Å². The summed E-state index contributed by atoms with van der Waals surface area (Å²) in [6, 6.07) is 0. The Morgan fingerprint density at radius 1 is 1.42 bits per heavy atom. The number of ether oxygens (including phenoxy) is 1. The molecule has 3 nitrogen and oxygen atoms in total. The lowest BCUT2D eigenvalue weighted by molar-refractivity contribution is -0.140. The Hall–Kier alpha value is -0.260. The minimum atomic E-state index is -3.12. The Kier molecular flexibility index (Phi) is 1.65. The summed E-state index contributed by atoms with van der Waals surface area (Å²) in [6.45, 7) is -0.190. The van der Waals surface area contributed by atoms with Crippen LogP contribution in [0.2, 0.25) is 0 Å². The smallest absolute Gasteiger partial charge is 0.301 e. The maximum Gasteiger partial charge on any atom is 0.301 e. The van der Waals surface area contributed by atoms with E-state index in [0.29, 0.717) is 0 Å². The van der Waals surface area contributed by atoms with Gasteiger partial charge < -0.3 is 14.9 Å². The van der Waals surface area contributed by atoms with E-state index in [2.05, 4.69) is 4.74 Å². The van der Waals surface area contributed by atoms with Crippen molar-refractivity contribution in [3.05, 3.63) is 0 Å². The fourth-order valence-electron chi connectivity index (χ4n) is 1.86. The zero-order valence-corrected chi connectivity index (χ0v) is 6.28. The van der Waals surface area contributed by atoms with Crippen LogP contribution in [0.5, 0.6) is 0 Å². The first-order valence-electron chi connectivity index (χ1n) is 3.91. The van der Waals surface area contributed by atoms with Gasteiger partial charge in [0.25, 0.3) is 0 Å². The lowest BCUT2D eigenvalue weighted by Gasteiger charge is -2.21.